The highest BCUT2D eigenvalue weighted by Crippen LogP contribution is 2.21. The summed E-state index contributed by atoms with van der Waals surface area (Å²) in [5, 5.41) is 5.82. The number of hydrogen-bond acceptors (Lipinski definition) is 5. The minimum absolute atomic E-state index is 0.0698. The van der Waals surface area contributed by atoms with Crippen LogP contribution in [-0.4, -0.2) is 40.3 Å². The highest BCUT2D eigenvalue weighted by molar-refractivity contribution is 9.10. The molecule has 0 unspecified atom stereocenters. The van der Waals surface area contributed by atoms with E-state index in [4.69, 9.17) is 0 Å². The zero-order valence-corrected chi connectivity index (χ0v) is 16.7. The van der Waals surface area contributed by atoms with Gasteiger partial charge in [0.1, 0.15) is 0 Å². The fraction of sp³-hybridized carbons (Fsp3) is 0.100. The first-order valence-corrected chi connectivity index (χ1v) is 9.26. The molecule has 0 aliphatic carbocycles. The van der Waals surface area contributed by atoms with Crippen LogP contribution in [0.4, 0.5) is 17.3 Å². The summed E-state index contributed by atoms with van der Waals surface area (Å²) < 4.78 is 0.777. The molecule has 0 radical (unpaired) electrons. The normalized spacial score (nSPS) is 10.2. The summed E-state index contributed by atoms with van der Waals surface area (Å²) in [4.78, 5) is 34.5. The summed E-state index contributed by atoms with van der Waals surface area (Å²) in [5.74, 6) is -0.108. The number of aromatic nitrogens is 2. The molecule has 2 aromatic carbocycles. The zero-order valence-electron chi connectivity index (χ0n) is 15.1. The second kappa shape index (κ2) is 9.09. The summed E-state index contributed by atoms with van der Waals surface area (Å²) >= 11 is 3.38. The zero-order chi connectivity index (χ0) is 19.9. The highest BCUT2D eigenvalue weighted by atomic mass is 79.9. The molecule has 2 N–H and O–H groups in total. The van der Waals surface area contributed by atoms with Crippen LogP contribution in [0.2, 0.25) is 0 Å². The van der Waals surface area contributed by atoms with Crippen molar-refractivity contribution in [3.8, 4) is 0 Å². The monoisotopic (exact) mass is 439 g/mol. The lowest BCUT2D eigenvalue weighted by atomic mass is 10.1. The predicted octanol–water partition coefficient (Wildman–Crippen LogP) is 3.69. The molecule has 0 saturated carbocycles. The van der Waals surface area contributed by atoms with Crippen molar-refractivity contribution >= 4 is 45.1 Å². The van der Waals surface area contributed by atoms with Crippen LogP contribution in [0.3, 0.4) is 0 Å². The Morgan fingerprint density at radius 1 is 1.04 bits per heavy atom. The number of benzene rings is 2. The Morgan fingerprint density at radius 3 is 2.54 bits per heavy atom. The van der Waals surface area contributed by atoms with Gasteiger partial charge >= 0.3 is 0 Å². The van der Waals surface area contributed by atoms with Gasteiger partial charge in [-0.05, 0) is 52.3 Å². The van der Waals surface area contributed by atoms with E-state index in [1.807, 2.05) is 24.3 Å². The maximum atomic E-state index is 12.7. The summed E-state index contributed by atoms with van der Waals surface area (Å²) in [6.45, 7) is -0.0698. The second-order valence-corrected chi connectivity index (χ2v) is 6.82. The van der Waals surface area contributed by atoms with Gasteiger partial charge in [0.05, 0.1) is 12.2 Å². The minimum Gasteiger partial charge on any atom is -0.332 e. The smallest absolute Gasteiger partial charge is 0.254 e. The first-order chi connectivity index (χ1) is 13.5. The van der Waals surface area contributed by atoms with Gasteiger partial charge in [-0.2, -0.15) is 0 Å². The number of nitrogens with zero attached hydrogens (tertiary/aromatic N) is 3. The molecule has 2 amide bonds. The molecule has 142 valence electrons. The van der Waals surface area contributed by atoms with Gasteiger partial charge in [-0.15, -0.1) is 0 Å². The third-order valence-corrected chi connectivity index (χ3v) is 4.50. The van der Waals surface area contributed by atoms with Crippen molar-refractivity contribution < 1.29 is 9.59 Å². The van der Waals surface area contributed by atoms with Crippen molar-refractivity contribution in [2.24, 2.45) is 0 Å². The molecule has 0 aliphatic rings. The predicted molar refractivity (Wildman–Crippen MR) is 111 cm³/mol. The number of para-hydroxylation sites is 1. The molecule has 0 aliphatic heterocycles. The van der Waals surface area contributed by atoms with E-state index >= 15 is 0 Å². The average molecular weight is 440 g/mol. The van der Waals surface area contributed by atoms with Crippen molar-refractivity contribution in [2.45, 2.75) is 0 Å². The lowest BCUT2D eigenvalue weighted by molar-refractivity contribution is -0.116. The lowest BCUT2D eigenvalue weighted by Gasteiger charge is -2.17. The maximum absolute atomic E-state index is 12.7. The van der Waals surface area contributed by atoms with Gasteiger partial charge in [-0.25, -0.2) is 9.97 Å². The number of carbonyl (C=O) groups is 2. The summed E-state index contributed by atoms with van der Waals surface area (Å²) in [5.41, 5.74) is 1.79. The minimum atomic E-state index is -0.283. The molecule has 8 heteroatoms. The van der Waals surface area contributed by atoms with E-state index in [-0.39, 0.29) is 18.4 Å². The van der Waals surface area contributed by atoms with E-state index in [1.54, 1.807) is 49.8 Å². The van der Waals surface area contributed by atoms with Crippen LogP contribution in [0.1, 0.15) is 10.4 Å². The molecule has 0 spiro atoms. The molecule has 1 heterocycles. The van der Waals surface area contributed by atoms with Crippen LogP contribution in [-0.2, 0) is 4.79 Å². The fourth-order valence-corrected chi connectivity index (χ4v) is 2.87. The van der Waals surface area contributed by atoms with Gasteiger partial charge in [-0.1, -0.05) is 18.2 Å². The van der Waals surface area contributed by atoms with Crippen LogP contribution in [0.15, 0.2) is 71.5 Å². The summed E-state index contributed by atoms with van der Waals surface area (Å²) in [6.07, 6.45) is 3.25. The topological polar surface area (TPSA) is 87.2 Å². The van der Waals surface area contributed by atoms with Crippen molar-refractivity contribution in [1.82, 2.24) is 14.9 Å². The molecule has 3 rings (SSSR count). The second-order valence-electron chi connectivity index (χ2n) is 5.97. The third-order valence-electron chi connectivity index (χ3n) is 3.81. The number of amides is 2. The van der Waals surface area contributed by atoms with E-state index in [0.29, 0.717) is 22.9 Å². The van der Waals surface area contributed by atoms with Gasteiger partial charge in [-0.3, -0.25) is 9.59 Å². The first kappa shape index (κ1) is 19.5. The van der Waals surface area contributed by atoms with Crippen LogP contribution in [0.5, 0.6) is 0 Å². The third kappa shape index (κ3) is 5.14. The van der Waals surface area contributed by atoms with E-state index in [9.17, 15) is 9.59 Å². The quantitative estimate of drug-likeness (QED) is 0.611. The molecular weight excluding hydrogens is 422 g/mol. The largest absolute Gasteiger partial charge is 0.332 e. The summed E-state index contributed by atoms with van der Waals surface area (Å²) in [7, 11) is 1.59. The fourth-order valence-electron chi connectivity index (χ4n) is 2.48. The van der Waals surface area contributed by atoms with Crippen LogP contribution >= 0.6 is 15.9 Å². The number of nitrogens with one attached hydrogen (secondary N) is 2. The Morgan fingerprint density at radius 2 is 1.79 bits per heavy atom. The number of hydrogen-bond donors (Lipinski definition) is 2. The summed E-state index contributed by atoms with van der Waals surface area (Å²) in [6, 6.07) is 16.0. The molecular formula is C20H18BrN5O2. The van der Waals surface area contributed by atoms with Crippen molar-refractivity contribution in [1.29, 1.82) is 0 Å². The van der Waals surface area contributed by atoms with E-state index < -0.39 is 0 Å². The Labute approximate surface area is 170 Å². The molecule has 0 bridgehead atoms. The number of rotatable bonds is 6. The van der Waals surface area contributed by atoms with Crippen LogP contribution in [0.25, 0.3) is 0 Å². The van der Waals surface area contributed by atoms with Crippen molar-refractivity contribution in [3.63, 3.8) is 0 Å². The molecule has 1 aromatic heterocycles. The van der Waals surface area contributed by atoms with Crippen LogP contribution < -0.4 is 10.6 Å². The van der Waals surface area contributed by atoms with Gasteiger partial charge in [0, 0.05) is 35.2 Å². The van der Waals surface area contributed by atoms with Crippen molar-refractivity contribution in [3.05, 3.63) is 77.0 Å². The van der Waals surface area contributed by atoms with Gasteiger partial charge in [0.15, 0.2) is 0 Å². The molecule has 28 heavy (non-hydrogen) atoms. The Bertz CT molecular complexity index is 981. The van der Waals surface area contributed by atoms with Crippen molar-refractivity contribution in [2.75, 3.05) is 24.2 Å². The molecule has 0 fully saturated rings. The molecule has 0 atom stereocenters. The highest BCUT2D eigenvalue weighted by Gasteiger charge is 2.16. The molecule has 3 aromatic rings. The van der Waals surface area contributed by atoms with E-state index in [2.05, 4.69) is 36.5 Å². The van der Waals surface area contributed by atoms with E-state index in [1.165, 1.54) is 4.90 Å². The Kier molecular flexibility index (Phi) is 6.33. The number of likely N-dealkylation sites (N-methyl/N-ethyl adjacent to an activating group) is 1. The molecule has 7 nitrogen and oxygen atoms in total. The Balaban J connectivity index is 1.63. The Hall–Kier alpha value is -3.26. The van der Waals surface area contributed by atoms with Gasteiger partial charge in [0.25, 0.3) is 5.91 Å². The van der Waals surface area contributed by atoms with Gasteiger partial charge in [0.2, 0.25) is 11.9 Å². The van der Waals surface area contributed by atoms with E-state index in [0.717, 1.165) is 4.47 Å². The first-order valence-electron chi connectivity index (χ1n) is 8.47. The van der Waals surface area contributed by atoms with Crippen LogP contribution in [0, 0.1) is 0 Å². The average Bonchev–Trinajstić information content (AvgIpc) is 2.70. The molecule has 0 saturated heterocycles. The SMILES string of the molecule is CN(CC(=O)Nc1ccccc1Br)C(=O)c1cccc(Nc2ncccn2)c1. The number of halogens is 1. The lowest BCUT2D eigenvalue weighted by Crippen LogP contribution is -2.35. The standard InChI is InChI=1S/C20H18BrN5O2/c1-26(13-18(27)25-17-9-3-2-8-16(17)21)19(28)14-6-4-7-15(12-14)24-20-22-10-5-11-23-20/h2-12H,13H2,1H3,(H,25,27)(H,22,23,24). The maximum Gasteiger partial charge on any atom is 0.254 e. The van der Waals surface area contributed by atoms with Gasteiger partial charge < -0.3 is 15.5 Å². The number of carbonyl (C=O) groups excluding carboxylic acids is 2. The number of anilines is 3.